The number of nitrogens with one attached hydrogen (secondary N) is 3. The second-order valence-electron chi connectivity index (χ2n) is 10.1. The van der Waals surface area contributed by atoms with E-state index in [1.54, 1.807) is 13.8 Å². The van der Waals surface area contributed by atoms with Gasteiger partial charge in [-0.05, 0) is 48.9 Å². The Bertz CT molecular complexity index is 1140. The third-order valence-corrected chi connectivity index (χ3v) is 6.39. The summed E-state index contributed by atoms with van der Waals surface area (Å²) in [6.45, 7) is 5.49. The molecule has 0 radical (unpaired) electrons. The molecule has 1 fully saturated rings. The Hall–Kier alpha value is -2.97. The maximum atomic E-state index is 13.4. The quantitative estimate of drug-likeness (QED) is 0.234. The normalized spacial score (nSPS) is 16.4. The predicted molar refractivity (Wildman–Crippen MR) is 132 cm³/mol. The summed E-state index contributed by atoms with van der Waals surface area (Å²) >= 11 is 0. The first kappa shape index (κ1) is 36.1. The standard InChI is InChI=1S/C26H33F3N4O7.Na/c1-13(2)19(21(36)26(27,28)29)31-24(39)17-6-5-11-33(17)25(40)20(14(3)4)32-23(38)16-9-7-15(8-10-16)22(37)30-12-18(34)35;/h7-10,13-14,17,19-20H,5-6,11-12H2,1-4H3,(H,30,37)(H,31,39)(H,32,38)(H,34,35);/q;+1/p-1/t17-,19+,20-;/m0./s1. The fourth-order valence-electron chi connectivity index (χ4n) is 4.21. The van der Waals surface area contributed by atoms with Gasteiger partial charge in [0.15, 0.2) is 0 Å². The van der Waals surface area contributed by atoms with Crippen LogP contribution in [0.4, 0.5) is 13.2 Å². The van der Waals surface area contributed by atoms with Gasteiger partial charge < -0.3 is 30.8 Å². The van der Waals surface area contributed by atoms with Gasteiger partial charge in [0.25, 0.3) is 17.6 Å². The first-order valence-corrected chi connectivity index (χ1v) is 12.7. The summed E-state index contributed by atoms with van der Waals surface area (Å²) in [6, 6.07) is 1.18. The van der Waals surface area contributed by atoms with Gasteiger partial charge >= 0.3 is 35.7 Å². The molecule has 2 rings (SSSR count). The molecule has 11 nitrogen and oxygen atoms in total. The molecular formula is C26H32F3N4NaO7. The number of benzene rings is 1. The van der Waals surface area contributed by atoms with Gasteiger partial charge in [0.2, 0.25) is 11.8 Å². The Balaban J connectivity index is 0.00000840. The molecule has 1 saturated heterocycles. The third kappa shape index (κ3) is 9.82. The topological polar surface area (TPSA) is 165 Å². The molecule has 3 atom stereocenters. The van der Waals surface area contributed by atoms with Crippen LogP contribution in [-0.2, 0) is 19.2 Å². The van der Waals surface area contributed by atoms with Crippen molar-refractivity contribution in [2.24, 2.45) is 11.8 Å². The molecule has 0 bridgehead atoms. The van der Waals surface area contributed by atoms with E-state index in [-0.39, 0.29) is 53.6 Å². The molecule has 1 aromatic carbocycles. The number of ketones is 1. The minimum atomic E-state index is -5.14. The zero-order valence-corrected chi connectivity index (χ0v) is 25.5. The van der Waals surface area contributed by atoms with Gasteiger partial charge in [-0.3, -0.25) is 24.0 Å². The molecule has 4 amide bonds. The Kier molecular flexibility index (Phi) is 13.5. The van der Waals surface area contributed by atoms with E-state index >= 15 is 0 Å². The van der Waals surface area contributed by atoms with Crippen molar-refractivity contribution in [1.29, 1.82) is 0 Å². The number of hydrogen-bond acceptors (Lipinski definition) is 7. The second-order valence-corrected chi connectivity index (χ2v) is 10.1. The van der Waals surface area contributed by atoms with Crippen LogP contribution in [0.5, 0.6) is 0 Å². The van der Waals surface area contributed by atoms with Crippen LogP contribution in [-0.4, -0.2) is 77.7 Å². The van der Waals surface area contributed by atoms with Crippen molar-refractivity contribution >= 4 is 35.4 Å². The molecule has 1 aliphatic rings. The van der Waals surface area contributed by atoms with Gasteiger partial charge in [0.05, 0.1) is 18.6 Å². The minimum absolute atomic E-state index is 0. The molecular weight excluding hydrogens is 560 g/mol. The van der Waals surface area contributed by atoms with Crippen molar-refractivity contribution < 1.29 is 76.6 Å². The Morgan fingerprint density at radius 2 is 1.41 bits per heavy atom. The molecule has 15 heteroatoms. The zero-order chi connectivity index (χ0) is 30.4. The van der Waals surface area contributed by atoms with E-state index in [2.05, 4.69) is 16.0 Å². The van der Waals surface area contributed by atoms with Crippen molar-refractivity contribution in [3.8, 4) is 0 Å². The van der Waals surface area contributed by atoms with Gasteiger partial charge in [-0.25, -0.2) is 0 Å². The number of carbonyl (C=O) groups is 6. The number of nitrogens with zero attached hydrogens (tertiary/aromatic N) is 1. The molecule has 1 heterocycles. The van der Waals surface area contributed by atoms with E-state index in [1.807, 2.05) is 0 Å². The third-order valence-electron chi connectivity index (χ3n) is 6.39. The summed E-state index contributed by atoms with van der Waals surface area (Å²) in [7, 11) is 0. The molecule has 0 aliphatic carbocycles. The van der Waals surface area contributed by atoms with Gasteiger partial charge in [0.1, 0.15) is 12.1 Å². The SMILES string of the molecule is CC(C)[C@H](NC(=O)c1ccc(C(=O)NCC(=O)[O-])cc1)C(=O)N1CCC[C@H]1C(=O)N[C@@H](C(=O)C(F)(F)F)C(C)C.[Na+]. The van der Waals surface area contributed by atoms with E-state index in [0.29, 0.717) is 6.42 Å². The van der Waals surface area contributed by atoms with Gasteiger partial charge in [0, 0.05) is 17.7 Å². The average molecular weight is 593 g/mol. The summed E-state index contributed by atoms with van der Waals surface area (Å²) < 4.78 is 39.1. The number of rotatable bonds is 11. The average Bonchev–Trinajstić information content (AvgIpc) is 3.37. The van der Waals surface area contributed by atoms with Crippen LogP contribution in [0.25, 0.3) is 0 Å². The number of hydrogen-bond donors (Lipinski definition) is 3. The van der Waals surface area contributed by atoms with Crippen LogP contribution in [0.3, 0.4) is 0 Å². The Morgan fingerprint density at radius 3 is 1.88 bits per heavy atom. The molecule has 41 heavy (non-hydrogen) atoms. The largest absolute Gasteiger partial charge is 1.00 e. The van der Waals surface area contributed by atoms with Gasteiger partial charge in [-0.2, -0.15) is 13.2 Å². The van der Waals surface area contributed by atoms with Crippen LogP contribution in [0.2, 0.25) is 0 Å². The fourth-order valence-corrected chi connectivity index (χ4v) is 4.21. The number of halogens is 3. The smallest absolute Gasteiger partial charge is 0.548 e. The van der Waals surface area contributed by atoms with Crippen LogP contribution in [0.15, 0.2) is 24.3 Å². The van der Waals surface area contributed by atoms with E-state index in [0.717, 1.165) is 0 Å². The first-order chi connectivity index (χ1) is 18.5. The van der Waals surface area contributed by atoms with E-state index in [4.69, 9.17) is 0 Å². The molecule has 0 saturated carbocycles. The number of aliphatic carboxylic acids is 1. The number of carbonyl (C=O) groups excluding carboxylic acids is 6. The van der Waals surface area contributed by atoms with Crippen LogP contribution < -0.4 is 50.6 Å². The van der Waals surface area contributed by atoms with E-state index in [9.17, 15) is 47.0 Å². The number of alkyl halides is 3. The second kappa shape index (κ2) is 15.3. The van der Waals surface area contributed by atoms with Crippen LogP contribution in [0.1, 0.15) is 61.3 Å². The van der Waals surface area contributed by atoms with E-state index < -0.39 is 78.1 Å². The van der Waals surface area contributed by atoms with Crippen molar-refractivity contribution in [3.63, 3.8) is 0 Å². The maximum absolute atomic E-state index is 13.4. The van der Waals surface area contributed by atoms with Crippen molar-refractivity contribution in [2.75, 3.05) is 13.1 Å². The zero-order valence-electron chi connectivity index (χ0n) is 23.5. The van der Waals surface area contributed by atoms with Crippen molar-refractivity contribution in [1.82, 2.24) is 20.9 Å². The number of carboxylic acid groups (broad SMARTS) is 1. The number of Topliss-reactive ketones (excluding diaryl/α,β-unsaturated/α-hetero) is 1. The monoisotopic (exact) mass is 592 g/mol. The Labute approximate surface area is 257 Å². The summed E-state index contributed by atoms with van der Waals surface area (Å²) in [6.07, 6.45) is -4.58. The molecule has 3 N–H and O–H groups in total. The van der Waals surface area contributed by atoms with Crippen LogP contribution >= 0.6 is 0 Å². The Morgan fingerprint density at radius 1 is 0.902 bits per heavy atom. The van der Waals surface area contributed by atoms with E-state index in [1.165, 1.54) is 43.0 Å². The molecule has 1 aromatic rings. The van der Waals surface area contributed by atoms with Crippen LogP contribution in [0, 0.1) is 11.8 Å². The summed E-state index contributed by atoms with van der Waals surface area (Å²) in [5.74, 6) is -7.69. The molecule has 0 spiro atoms. The fraction of sp³-hybridized carbons (Fsp3) is 0.538. The number of carboxylic acids is 1. The molecule has 0 unspecified atom stereocenters. The van der Waals surface area contributed by atoms with Crippen molar-refractivity contribution in [2.45, 2.75) is 64.8 Å². The molecule has 0 aromatic heterocycles. The molecule has 220 valence electrons. The summed E-state index contributed by atoms with van der Waals surface area (Å²) in [4.78, 5) is 74.7. The predicted octanol–water partition coefficient (Wildman–Crippen LogP) is -2.81. The first-order valence-electron chi connectivity index (χ1n) is 12.7. The molecule has 1 aliphatic heterocycles. The van der Waals surface area contributed by atoms with Crippen molar-refractivity contribution in [3.05, 3.63) is 35.4 Å². The van der Waals surface area contributed by atoms with Gasteiger partial charge in [-0.15, -0.1) is 0 Å². The number of amides is 4. The maximum Gasteiger partial charge on any atom is 1.00 e. The number of likely N-dealkylation sites (tertiary alicyclic amines) is 1. The summed E-state index contributed by atoms with van der Waals surface area (Å²) in [5, 5.41) is 17.4. The minimum Gasteiger partial charge on any atom is -0.548 e. The van der Waals surface area contributed by atoms with Gasteiger partial charge in [-0.1, -0.05) is 27.7 Å². The summed E-state index contributed by atoms with van der Waals surface area (Å²) in [5.41, 5.74) is 0.181.